The van der Waals surface area contributed by atoms with Crippen LogP contribution in [0.5, 0.6) is 0 Å². The Morgan fingerprint density at radius 3 is 2.58 bits per heavy atom. The molecule has 0 aliphatic rings. The third-order valence-corrected chi connectivity index (χ3v) is 3.08. The normalized spacial score (nSPS) is 14.3. The SMILES string of the molecule is C/C=C/[C@@H](COCc1ccccc1)[C@H](C)C(=O)OC. The summed E-state index contributed by atoms with van der Waals surface area (Å²) in [5, 5.41) is 0. The molecule has 2 atom stereocenters. The van der Waals surface area contributed by atoms with Crippen molar-refractivity contribution in [3.8, 4) is 0 Å². The van der Waals surface area contributed by atoms with E-state index in [2.05, 4.69) is 0 Å². The molecule has 0 radical (unpaired) electrons. The minimum atomic E-state index is -0.202. The fourth-order valence-electron chi connectivity index (χ4n) is 1.86. The monoisotopic (exact) mass is 262 g/mol. The van der Waals surface area contributed by atoms with Crippen molar-refractivity contribution in [2.75, 3.05) is 13.7 Å². The summed E-state index contributed by atoms with van der Waals surface area (Å²) >= 11 is 0. The van der Waals surface area contributed by atoms with Crippen LogP contribution in [0.3, 0.4) is 0 Å². The number of hydrogen-bond donors (Lipinski definition) is 0. The second-order valence-electron chi connectivity index (χ2n) is 4.50. The molecule has 0 aliphatic heterocycles. The van der Waals surface area contributed by atoms with Crippen LogP contribution in [0.1, 0.15) is 19.4 Å². The lowest BCUT2D eigenvalue weighted by Crippen LogP contribution is -2.24. The topological polar surface area (TPSA) is 35.5 Å². The van der Waals surface area contributed by atoms with E-state index in [1.807, 2.05) is 56.3 Å². The zero-order valence-electron chi connectivity index (χ0n) is 11.8. The predicted octanol–water partition coefficient (Wildman–Crippen LogP) is 3.20. The number of carbonyl (C=O) groups excluding carboxylic acids is 1. The maximum Gasteiger partial charge on any atom is 0.309 e. The Morgan fingerprint density at radius 1 is 1.32 bits per heavy atom. The second kappa shape index (κ2) is 8.48. The number of allylic oxidation sites excluding steroid dienone is 1. The van der Waals surface area contributed by atoms with E-state index in [9.17, 15) is 4.79 Å². The van der Waals surface area contributed by atoms with Crippen LogP contribution in [-0.4, -0.2) is 19.7 Å². The Labute approximate surface area is 115 Å². The van der Waals surface area contributed by atoms with Gasteiger partial charge in [0.05, 0.1) is 26.2 Å². The minimum Gasteiger partial charge on any atom is -0.469 e. The summed E-state index contributed by atoms with van der Waals surface area (Å²) in [5.41, 5.74) is 1.13. The Balaban J connectivity index is 2.48. The Morgan fingerprint density at radius 2 is 2.00 bits per heavy atom. The minimum absolute atomic E-state index is 0.0427. The van der Waals surface area contributed by atoms with E-state index in [1.54, 1.807) is 0 Å². The van der Waals surface area contributed by atoms with Crippen LogP contribution in [0.4, 0.5) is 0 Å². The molecule has 0 bridgehead atoms. The van der Waals surface area contributed by atoms with Gasteiger partial charge in [0.1, 0.15) is 0 Å². The summed E-state index contributed by atoms with van der Waals surface area (Å²) in [6, 6.07) is 9.99. The van der Waals surface area contributed by atoms with Gasteiger partial charge in [0.25, 0.3) is 0 Å². The number of rotatable bonds is 7. The highest BCUT2D eigenvalue weighted by Crippen LogP contribution is 2.16. The van der Waals surface area contributed by atoms with Crippen LogP contribution in [0.15, 0.2) is 42.5 Å². The first-order chi connectivity index (χ1) is 9.19. The molecule has 0 N–H and O–H groups in total. The van der Waals surface area contributed by atoms with Crippen LogP contribution in [0, 0.1) is 11.8 Å². The first-order valence-corrected chi connectivity index (χ1v) is 6.51. The average Bonchev–Trinajstić information content (AvgIpc) is 2.46. The molecule has 3 nitrogen and oxygen atoms in total. The van der Waals surface area contributed by atoms with Gasteiger partial charge in [-0.1, -0.05) is 49.4 Å². The molecular formula is C16H22O3. The Hall–Kier alpha value is -1.61. The summed E-state index contributed by atoms with van der Waals surface area (Å²) in [6.07, 6.45) is 3.93. The fraction of sp³-hybridized carbons (Fsp3) is 0.438. The van der Waals surface area contributed by atoms with Gasteiger partial charge in [-0.2, -0.15) is 0 Å². The molecule has 0 saturated carbocycles. The Kier molecular flexibility index (Phi) is 6.90. The number of ether oxygens (including phenoxy) is 2. The second-order valence-corrected chi connectivity index (χ2v) is 4.50. The van der Waals surface area contributed by atoms with Gasteiger partial charge >= 0.3 is 5.97 Å². The summed E-state index contributed by atoms with van der Waals surface area (Å²) < 4.78 is 10.5. The standard InChI is InChI=1S/C16H22O3/c1-4-8-15(13(2)16(17)18-3)12-19-11-14-9-6-5-7-10-14/h4-10,13,15H,11-12H2,1-3H3/b8-4+/t13-,15-/m0/s1. The van der Waals surface area contributed by atoms with Crippen molar-refractivity contribution in [2.24, 2.45) is 11.8 Å². The molecule has 0 amide bonds. The first kappa shape index (κ1) is 15.4. The molecule has 3 heteroatoms. The Bertz CT molecular complexity index is 398. The van der Waals surface area contributed by atoms with Crippen molar-refractivity contribution in [3.05, 3.63) is 48.0 Å². The van der Waals surface area contributed by atoms with Crippen molar-refractivity contribution in [1.29, 1.82) is 0 Å². The molecule has 0 fully saturated rings. The first-order valence-electron chi connectivity index (χ1n) is 6.51. The highest BCUT2D eigenvalue weighted by atomic mass is 16.5. The molecule has 0 spiro atoms. The van der Waals surface area contributed by atoms with E-state index in [-0.39, 0.29) is 17.8 Å². The number of benzene rings is 1. The van der Waals surface area contributed by atoms with E-state index in [0.717, 1.165) is 5.56 Å². The summed E-state index contributed by atoms with van der Waals surface area (Å²) in [5.74, 6) is -0.357. The van der Waals surface area contributed by atoms with Gasteiger partial charge in [0.2, 0.25) is 0 Å². The molecule has 19 heavy (non-hydrogen) atoms. The molecule has 104 valence electrons. The molecule has 1 aromatic rings. The summed E-state index contributed by atoms with van der Waals surface area (Å²) in [4.78, 5) is 11.5. The van der Waals surface area contributed by atoms with E-state index in [1.165, 1.54) is 7.11 Å². The molecular weight excluding hydrogens is 240 g/mol. The van der Waals surface area contributed by atoms with Gasteiger partial charge in [0.15, 0.2) is 0 Å². The molecule has 0 aliphatic carbocycles. The van der Waals surface area contributed by atoms with Gasteiger partial charge < -0.3 is 9.47 Å². The third kappa shape index (κ3) is 5.26. The highest BCUT2D eigenvalue weighted by Gasteiger charge is 2.22. The smallest absolute Gasteiger partial charge is 0.309 e. The van der Waals surface area contributed by atoms with Crippen LogP contribution in [-0.2, 0) is 20.9 Å². The van der Waals surface area contributed by atoms with E-state index in [4.69, 9.17) is 9.47 Å². The number of esters is 1. The third-order valence-electron chi connectivity index (χ3n) is 3.08. The molecule has 0 heterocycles. The maximum atomic E-state index is 11.5. The largest absolute Gasteiger partial charge is 0.469 e. The van der Waals surface area contributed by atoms with Crippen molar-refractivity contribution in [3.63, 3.8) is 0 Å². The predicted molar refractivity (Wildman–Crippen MR) is 75.6 cm³/mol. The van der Waals surface area contributed by atoms with Crippen molar-refractivity contribution < 1.29 is 14.3 Å². The van der Waals surface area contributed by atoms with Crippen molar-refractivity contribution in [2.45, 2.75) is 20.5 Å². The lowest BCUT2D eigenvalue weighted by molar-refractivity contribution is -0.146. The average molecular weight is 262 g/mol. The van der Waals surface area contributed by atoms with Crippen LogP contribution >= 0.6 is 0 Å². The summed E-state index contributed by atoms with van der Waals surface area (Å²) in [7, 11) is 1.41. The van der Waals surface area contributed by atoms with E-state index in [0.29, 0.717) is 13.2 Å². The zero-order valence-corrected chi connectivity index (χ0v) is 11.8. The van der Waals surface area contributed by atoms with Crippen LogP contribution in [0.2, 0.25) is 0 Å². The highest BCUT2D eigenvalue weighted by molar-refractivity contribution is 5.72. The molecule has 0 saturated heterocycles. The van der Waals surface area contributed by atoms with Crippen LogP contribution < -0.4 is 0 Å². The van der Waals surface area contributed by atoms with Gasteiger partial charge in [-0.15, -0.1) is 0 Å². The number of methoxy groups -OCH3 is 1. The number of hydrogen-bond acceptors (Lipinski definition) is 3. The quantitative estimate of drug-likeness (QED) is 0.559. The lowest BCUT2D eigenvalue weighted by atomic mass is 9.94. The number of carbonyl (C=O) groups is 1. The molecule has 0 unspecified atom stereocenters. The van der Waals surface area contributed by atoms with E-state index < -0.39 is 0 Å². The van der Waals surface area contributed by atoms with Gasteiger partial charge in [-0.3, -0.25) is 4.79 Å². The summed E-state index contributed by atoms with van der Waals surface area (Å²) in [6.45, 7) is 4.87. The van der Waals surface area contributed by atoms with Gasteiger partial charge in [-0.05, 0) is 12.5 Å². The lowest BCUT2D eigenvalue weighted by Gasteiger charge is -2.19. The van der Waals surface area contributed by atoms with Crippen molar-refractivity contribution >= 4 is 5.97 Å². The maximum absolute atomic E-state index is 11.5. The molecule has 0 aromatic heterocycles. The van der Waals surface area contributed by atoms with Crippen molar-refractivity contribution in [1.82, 2.24) is 0 Å². The fourth-order valence-corrected chi connectivity index (χ4v) is 1.86. The zero-order chi connectivity index (χ0) is 14.1. The molecule has 1 rings (SSSR count). The van der Waals surface area contributed by atoms with Gasteiger partial charge in [0, 0.05) is 5.92 Å². The van der Waals surface area contributed by atoms with E-state index >= 15 is 0 Å². The van der Waals surface area contributed by atoms with Crippen LogP contribution in [0.25, 0.3) is 0 Å². The van der Waals surface area contributed by atoms with Gasteiger partial charge in [-0.25, -0.2) is 0 Å². The molecule has 1 aromatic carbocycles.